The summed E-state index contributed by atoms with van der Waals surface area (Å²) >= 11 is 1.62. The summed E-state index contributed by atoms with van der Waals surface area (Å²) in [7, 11) is 0. The number of amides is 1. The van der Waals surface area contributed by atoms with Crippen LogP contribution in [0.5, 0.6) is 0 Å². The van der Waals surface area contributed by atoms with E-state index in [-0.39, 0.29) is 11.7 Å². The highest BCUT2D eigenvalue weighted by Gasteiger charge is 2.19. The molecule has 0 atom stereocenters. The Morgan fingerprint density at radius 3 is 3.06 bits per heavy atom. The second-order valence-electron chi connectivity index (χ2n) is 3.89. The highest BCUT2D eigenvalue weighted by Crippen LogP contribution is 2.14. The Hall–Kier alpha value is -1.88. The summed E-state index contributed by atoms with van der Waals surface area (Å²) in [6.45, 7) is 6.50. The molecule has 0 aliphatic heterocycles. The number of rotatable bonds is 5. The van der Waals surface area contributed by atoms with E-state index in [1.165, 1.54) is 0 Å². The highest BCUT2D eigenvalue weighted by atomic mass is 32.1. The normalized spacial score (nSPS) is 10.3. The van der Waals surface area contributed by atoms with Crippen molar-refractivity contribution in [3.63, 3.8) is 0 Å². The summed E-state index contributed by atoms with van der Waals surface area (Å²) in [4.78, 5) is 15.0. The largest absolute Gasteiger partial charge is 0.351 e. The summed E-state index contributed by atoms with van der Waals surface area (Å²) in [5, 5.41) is 5.72. The Morgan fingerprint density at radius 1 is 1.67 bits per heavy atom. The van der Waals surface area contributed by atoms with Crippen LogP contribution in [0.25, 0.3) is 0 Å². The van der Waals surface area contributed by atoms with Crippen LogP contribution in [-0.4, -0.2) is 22.5 Å². The number of thiophene rings is 1. The number of nitrogens with zero attached hydrogens (tertiary/aromatic N) is 2. The van der Waals surface area contributed by atoms with Crippen molar-refractivity contribution in [2.75, 3.05) is 6.54 Å². The quantitative estimate of drug-likeness (QED) is 0.778. The fourth-order valence-corrected chi connectivity index (χ4v) is 2.31. The van der Waals surface area contributed by atoms with Crippen molar-refractivity contribution in [2.24, 2.45) is 0 Å². The molecular formula is C13H14N2O2S. The van der Waals surface area contributed by atoms with Crippen LogP contribution < -0.4 is 0 Å². The van der Waals surface area contributed by atoms with E-state index in [1.54, 1.807) is 35.3 Å². The lowest BCUT2D eigenvalue weighted by Gasteiger charge is -2.18. The molecule has 0 saturated carbocycles. The zero-order valence-corrected chi connectivity index (χ0v) is 10.9. The van der Waals surface area contributed by atoms with Crippen LogP contribution >= 0.6 is 11.3 Å². The molecule has 0 unspecified atom stereocenters. The molecular weight excluding hydrogens is 248 g/mol. The maximum atomic E-state index is 12.2. The lowest BCUT2D eigenvalue weighted by atomic mass is 10.3. The van der Waals surface area contributed by atoms with Crippen LogP contribution in [0.2, 0.25) is 0 Å². The monoisotopic (exact) mass is 262 g/mol. The van der Waals surface area contributed by atoms with E-state index in [0.717, 1.165) is 4.88 Å². The van der Waals surface area contributed by atoms with Crippen molar-refractivity contribution in [1.29, 1.82) is 0 Å². The van der Waals surface area contributed by atoms with Gasteiger partial charge in [-0.2, -0.15) is 0 Å². The van der Waals surface area contributed by atoms with Crippen molar-refractivity contribution < 1.29 is 9.32 Å². The van der Waals surface area contributed by atoms with Crippen molar-refractivity contribution in [3.8, 4) is 0 Å². The van der Waals surface area contributed by atoms with E-state index in [1.807, 2.05) is 17.5 Å². The summed E-state index contributed by atoms with van der Waals surface area (Å²) in [6.07, 6.45) is 1.70. The minimum absolute atomic E-state index is 0.163. The first-order chi connectivity index (χ1) is 8.70. The summed E-state index contributed by atoms with van der Waals surface area (Å²) in [6, 6.07) is 5.61. The molecule has 0 saturated heterocycles. The molecule has 1 amide bonds. The van der Waals surface area contributed by atoms with Crippen LogP contribution in [-0.2, 0) is 6.54 Å². The fraction of sp³-hybridized carbons (Fsp3) is 0.231. The van der Waals surface area contributed by atoms with Gasteiger partial charge in [-0.1, -0.05) is 17.3 Å². The molecule has 18 heavy (non-hydrogen) atoms. The Balaban J connectivity index is 2.14. The van der Waals surface area contributed by atoms with Crippen molar-refractivity contribution >= 4 is 17.2 Å². The Bertz CT molecular complexity index is 531. The molecule has 94 valence electrons. The topological polar surface area (TPSA) is 46.3 Å². The molecule has 0 aliphatic rings. The van der Waals surface area contributed by atoms with Crippen molar-refractivity contribution in [1.82, 2.24) is 10.1 Å². The second-order valence-corrected chi connectivity index (χ2v) is 4.92. The number of aryl methyl sites for hydroxylation is 1. The van der Waals surface area contributed by atoms with Gasteiger partial charge in [-0.05, 0) is 18.4 Å². The van der Waals surface area contributed by atoms with Crippen LogP contribution in [0.1, 0.15) is 21.1 Å². The summed E-state index contributed by atoms with van der Waals surface area (Å²) in [5.74, 6) is 0.106. The van der Waals surface area contributed by atoms with Gasteiger partial charge < -0.3 is 9.42 Å². The van der Waals surface area contributed by atoms with E-state index < -0.39 is 0 Å². The molecule has 4 nitrogen and oxygen atoms in total. The third kappa shape index (κ3) is 2.87. The first-order valence-corrected chi connectivity index (χ1v) is 6.44. The molecule has 2 rings (SSSR count). The third-order valence-electron chi connectivity index (χ3n) is 2.40. The van der Waals surface area contributed by atoms with Gasteiger partial charge in [0.2, 0.25) is 5.76 Å². The number of carbonyl (C=O) groups excluding carboxylic acids is 1. The van der Waals surface area contributed by atoms with Crippen LogP contribution in [0.15, 0.2) is 40.8 Å². The molecule has 2 heterocycles. The maximum Gasteiger partial charge on any atom is 0.293 e. The number of aromatic nitrogens is 1. The van der Waals surface area contributed by atoms with Gasteiger partial charge in [0.15, 0.2) is 0 Å². The standard InChI is InChI=1S/C13H14N2O2S/c1-3-6-15(9-11-5-4-7-18-11)13(16)12-8-10(2)14-17-12/h3-5,7-8H,1,6,9H2,2H3. The minimum Gasteiger partial charge on any atom is -0.351 e. The first-order valence-electron chi connectivity index (χ1n) is 5.56. The summed E-state index contributed by atoms with van der Waals surface area (Å²) < 4.78 is 5.00. The van der Waals surface area contributed by atoms with E-state index in [9.17, 15) is 4.79 Å². The van der Waals surface area contributed by atoms with Gasteiger partial charge in [0.05, 0.1) is 12.2 Å². The Kier molecular flexibility index (Phi) is 3.94. The van der Waals surface area contributed by atoms with E-state index in [4.69, 9.17) is 4.52 Å². The van der Waals surface area contributed by atoms with Gasteiger partial charge in [0, 0.05) is 17.5 Å². The Morgan fingerprint density at radius 2 is 2.50 bits per heavy atom. The molecule has 5 heteroatoms. The molecule has 0 aromatic carbocycles. The minimum atomic E-state index is -0.163. The first kappa shape index (κ1) is 12.6. The molecule has 0 radical (unpaired) electrons. The summed E-state index contributed by atoms with van der Waals surface area (Å²) in [5.41, 5.74) is 0.702. The molecule has 2 aromatic heterocycles. The van der Waals surface area contributed by atoms with Crippen molar-refractivity contribution in [3.05, 3.63) is 52.6 Å². The average Bonchev–Trinajstić information content (AvgIpc) is 2.99. The van der Waals surface area contributed by atoms with Crippen LogP contribution in [0.4, 0.5) is 0 Å². The van der Waals surface area contributed by atoms with Gasteiger partial charge in [0.25, 0.3) is 5.91 Å². The molecule has 0 aliphatic carbocycles. The highest BCUT2D eigenvalue weighted by molar-refractivity contribution is 7.09. The SMILES string of the molecule is C=CCN(Cc1cccs1)C(=O)c1cc(C)no1. The zero-order valence-electron chi connectivity index (χ0n) is 10.1. The van der Waals surface area contributed by atoms with Crippen LogP contribution in [0.3, 0.4) is 0 Å². The second kappa shape index (κ2) is 5.64. The number of carbonyl (C=O) groups is 1. The average molecular weight is 262 g/mol. The Labute approximate surface area is 110 Å². The van der Waals surface area contributed by atoms with Gasteiger partial charge >= 0.3 is 0 Å². The van der Waals surface area contributed by atoms with Gasteiger partial charge in [-0.3, -0.25) is 4.79 Å². The third-order valence-corrected chi connectivity index (χ3v) is 3.26. The van der Waals surface area contributed by atoms with Crippen molar-refractivity contribution in [2.45, 2.75) is 13.5 Å². The van der Waals surface area contributed by atoms with Gasteiger partial charge in [0.1, 0.15) is 0 Å². The van der Waals surface area contributed by atoms with Gasteiger partial charge in [-0.15, -0.1) is 17.9 Å². The molecule has 0 bridgehead atoms. The van der Waals surface area contributed by atoms with Crippen LogP contribution in [0, 0.1) is 6.92 Å². The number of hydrogen-bond donors (Lipinski definition) is 0. The number of hydrogen-bond acceptors (Lipinski definition) is 4. The predicted octanol–water partition coefficient (Wildman–Crippen LogP) is 2.87. The lowest BCUT2D eigenvalue weighted by Crippen LogP contribution is -2.30. The lowest BCUT2D eigenvalue weighted by molar-refractivity contribution is 0.0722. The maximum absolute atomic E-state index is 12.2. The van der Waals surface area contributed by atoms with E-state index in [0.29, 0.717) is 18.8 Å². The predicted molar refractivity (Wildman–Crippen MR) is 70.5 cm³/mol. The van der Waals surface area contributed by atoms with Gasteiger partial charge in [-0.25, -0.2) is 0 Å². The molecule has 2 aromatic rings. The molecule has 0 N–H and O–H groups in total. The molecule has 0 fully saturated rings. The van der Waals surface area contributed by atoms with E-state index >= 15 is 0 Å². The molecule has 0 spiro atoms. The fourth-order valence-electron chi connectivity index (χ4n) is 1.59. The smallest absolute Gasteiger partial charge is 0.293 e. The zero-order chi connectivity index (χ0) is 13.0. The van der Waals surface area contributed by atoms with E-state index in [2.05, 4.69) is 11.7 Å².